The van der Waals surface area contributed by atoms with Crippen LogP contribution in [-0.2, 0) is 28.6 Å². The van der Waals surface area contributed by atoms with Crippen LogP contribution >= 0.6 is 0 Å². The van der Waals surface area contributed by atoms with E-state index >= 15 is 0 Å². The molecule has 0 radical (unpaired) electrons. The minimum atomic E-state index is -1.16. The molecule has 0 aliphatic carbocycles. The lowest BCUT2D eigenvalue weighted by molar-refractivity contribution is -0.156. The molecular formula is C9H14O7. The molecule has 0 unspecified atom stereocenters. The fourth-order valence-electron chi connectivity index (χ4n) is 0.754. The van der Waals surface area contributed by atoms with Crippen molar-refractivity contribution in [3.8, 4) is 0 Å². The Balaban J connectivity index is 3.98. The first-order valence-electron chi connectivity index (χ1n) is 4.52. The summed E-state index contributed by atoms with van der Waals surface area (Å²) in [7, 11) is 0. The second kappa shape index (κ2) is 7.63. The van der Waals surface area contributed by atoms with E-state index in [0.717, 1.165) is 0 Å². The summed E-state index contributed by atoms with van der Waals surface area (Å²) in [5.74, 6) is -2.20. The van der Waals surface area contributed by atoms with E-state index in [4.69, 9.17) is 9.84 Å². The molecule has 0 aromatic rings. The zero-order chi connectivity index (χ0) is 12.6. The fourth-order valence-corrected chi connectivity index (χ4v) is 0.754. The van der Waals surface area contributed by atoms with E-state index in [1.807, 2.05) is 0 Å². The Bertz CT molecular complexity index is 218. The van der Waals surface area contributed by atoms with Crippen molar-refractivity contribution in [2.45, 2.75) is 20.0 Å². The van der Waals surface area contributed by atoms with Gasteiger partial charge in [0.25, 0.3) is 0 Å². The highest BCUT2D eigenvalue weighted by molar-refractivity contribution is 5.68. The van der Waals surface area contributed by atoms with Crippen LogP contribution in [0.15, 0.2) is 0 Å². The molecule has 0 saturated carbocycles. The molecule has 0 fully saturated rings. The lowest BCUT2D eigenvalue weighted by Gasteiger charge is -2.15. The van der Waals surface area contributed by atoms with Gasteiger partial charge in [0.2, 0.25) is 0 Å². The fraction of sp³-hybridized carbons (Fsp3) is 0.667. The van der Waals surface area contributed by atoms with Gasteiger partial charge in [-0.05, 0) is 0 Å². The van der Waals surface area contributed by atoms with Crippen LogP contribution in [0, 0.1) is 0 Å². The monoisotopic (exact) mass is 234 g/mol. The molecule has 16 heavy (non-hydrogen) atoms. The Labute approximate surface area is 92.3 Å². The van der Waals surface area contributed by atoms with Gasteiger partial charge in [-0.1, -0.05) is 0 Å². The molecule has 0 aromatic carbocycles. The lowest BCUT2D eigenvalue weighted by Crippen LogP contribution is -2.29. The van der Waals surface area contributed by atoms with Gasteiger partial charge in [0.15, 0.2) is 0 Å². The number of rotatable bonds is 7. The van der Waals surface area contributed by atoms with Gasteiger partial charge in [0.05, 0.1) is 0 Å². The minimum Gasteiger partial charge on any atom is -0.480 e. The van der Waals surface area contributed by atoms with Crippen molar-refractivity contribution in [1.29, 1.82) is 0 Å². The van der Waals surface area contributed by atoms with Crippen molar-refractivity contribution >= 4 is 17.9 Å². The van der Waals surface area contributed by atoms with Gasteiger partial charge in [0.1, 0.15) is 25.9 Å². The Morgan fingerprint density at radius 2 is 1.50 bits per heavy atom. The van der Waals surface area contributed by atoms with Crippen LogP contribution in [-0.4, -0.2) is 48.9 Å². The van der Waals surface area contributed by atoms with Crippen molar-refractivity contribution in [3.63, 3.8) is 0 Å². The second-order valence-corrected chi connectivity index (χ2v) is 2.93. The normalized spacial score (nSPS) is 9.94. The number of hydrogen-bond acceptors (Lipinski definition) is 6. The second-order valence-electron chi connectivity index (χ2n) is 2.93. The van der Waals surface area contributed by atoms with Gasteiger partial charge in [-0.25, -0.2) is 4.79 Å². The first-order valence-corrected chi connectivity index (χ1v) is 4.52. The average molecular weight is 234 g/mol. The number of aliphatic carboxylic acids is 1. The quantitative estimate of drug-likeness (QED) is 0.597. The first-order chi connectivity index (χ1) is 7.41. The molecule has 92 valence electrons. The van der Waals surface area contributed by atoms with E-state index in [2.05, 4.69) is 9.47 Å². The van der Waals surface area contributed by atoms with E-state index in [-0.39, 0.29) is 13.2 Å². The van der Waals surface area contributed by atoms with E-state index < -0.39 is 30.6 Å². The molecule has 0 heterocycles. The Hall–Kier alpha value is -1.63. The van der Waals surface area contributed by atoms with E-state index in [1.54, 1.807) is 0 Å². The van der Waals surface area contributed by atoms with Gasteiger partial charge in [-0.2, -0.15) is 0 Å². The van der Waals surface area contributed by atoms with Gasteiger partial charge >= 0.3 is 17.9 Å². The molecule has 0 aliphatic rings. The van der Waals surface area contributed by atoms with Gasteiger partial charge in [0, 0.05) is 13.8 Å². The summed E-state index contributed by atoms with van der Waals surface area (Å²) in [5, 5.41) is 8.38. The van der Waals surface area contributed by atoms with Crippen molar-refractivity contribution in [2.24, 2.45) is 0 Å². The Morgan fingerprint density at radius 3 is 1.81 bits per heavy atom. The van der Waals surface area contributed by atoms with Gasteiger partial charge < -0.3 is 19.3 Å². The van der Waals surface area contributed by atoms with Crippen LogP contribution in [0.5, 0.6) is 0 Å². The number of carboxylic acids is 1. The van der Waals surface area contributed by atoms with Crippen molar-refractivity contribution < 1.29 is 33.7 Å². The van der Waals surface area contributed by atoms with Crippen LogP contribution in [0.2, 0.25) is 0 Å². The molecule has 0 aliphatic heterocycles. The maximum absolute atomic E-state index is 10.5. The minimum absolute atomic E-state index is 0.157. The van der Waals surface area contributed by atoms with Crippen LogP contribution in [0.3, 0.4) is 0 Å². The molecule has 0 amide bonds. The van der Waals surface area contributed by atoms with Crippen LogP contribution in [0.1, 0.15) is 13.8 Å². The molecule has 0 spiro atoms. The molecule has 0 saturated heterocycles. The molecule has 7 nitrogen and oxygen atoms in total. The number of ether oxygens (including phenoxy) is 3. The summed E-state index contributed by atoms with van der Waals surface area (Å²) in [5.41, 5.74) is 0. The highest BCUT2D eigenvalue weighted by Gasteiger charge is 2.14. The molecule has 0 aromatic heterocycles. The molecule has 0 atom stereocenters. The van der Waals surface area contributed by atoms with Crippen molar-refractivity contribution in [3.05, 3.63) is 0 Å². The lowest BCUT2D eigenvalue weighted by atomic mass is 10.4. The summed E-state index contributed by atoms with van der Waals surface area (Å²) in [6.07, 6.45) is -0.774. The average Bonchev–Trinajstić information content (AvgIpc) is 2.15. The number of hydrogen-bond donors (Lipinski definition) is 1. The number of carbonyl (C=O) groups excluding carboxylic acids is 2. The number of carbonyl (C=O) groups is 3. The standard InChI is InChI=1S/C9H14O7/c1-6(10)14-3-8(4-15-7(2)11)16-5-9(12)13/h8H,3-5H2,1-2H3,(H,12,13). The van der Waals surface area contributed by atoms with E-state index in [0.29, 0.717) is 0 Å². The third kappa shape index (κ3) is 8.95. The van der Waals surface area contributed by atoms with Crippen molar-refractivity contribution in [1.82, 2.24) is 0 Å². The predicted octanol–water partition coefficient (Wildman–Crippen LogP) is -0.418. The number of carboxylic acid groups (broad SMARTS) is 1. The first kappa shape index (κ1) is 14.4. The van der Waals surface area contributed by atoms with Crippen molar-refractivity contribution in [2.75, 3.05) is 19.8 Å². The molecule has 0 rings (SSSR count). The number of esters is 2. The van der Waals surface area contributed by atoms with Crippen LogP contribution < -0.4 is 0 Å². The molecule has 0 bridgehead atoms. The molecular weight excluding hydrogens is 220 g/mol. The summed E-state index contributed by atoms with van der Waals surface area (Å²) in [4.78, 5) is 31.3. The smallest absolute Gasteiger partial charge is 0.329 e. The zero-order valence-electron chi connectivity index (χ0n) is 9.10. The molecule has 1 N–H and O–H groups in total. The van der Waals surface area contributed by atoms with Gasteiger partial charge in [-0.3, -0.25) is 9.59 Å². The van der Waals surface area contributed by atoms with Crippen LogP contribution in [0.4, 0.5) is 0 Å². The SMILES string of the molecule is CC(=O)OCC(COC(C)=O)OCC(=O)O. The summed E-state index contributed by atoms with van der Waals surface area (Å²) >= 11 is 0. The van der Waals surface area contributed by atoms with Crippen LogP contribution in [0.25, 0.3) is 0 Å². The zero-order valence-corrected chi connectivity index (χ0v) is 9.10. The Kier molecular flexibility index (Phi) is 6.86. The maximum atomic E-state index is 10.5. The topological polar surface area (TPSA) is 99.1 Å². The third-order valence-corrected chi connectivity index (χ3v) is 1.39. The van der Waals surface area contributed by atoms with E-state index in [1.165, 1.54) is 13.8 Å². The molecule has 7 heteroatoms. The van der Waals surface area contributed by atoms with E-state index in [9.17, 15) is 14.4 Å². The Morgan fingerprint density at radius 1 is 1.06 bits per heavy atom. The summed E-state index contributed by atoms with van der Waals surface area (Å²) in [6.45, 7) is 1.55. The third-order valence-electron chi connectivity index (χ3n) is 1.39. The maximum Gasteiger partial charge on any atom is 0.329 e. The highest BCUT2D eigenvalue weighted by atomic mass is 16.6. The highest BCUT2D eigenvalue weighted by Crippen LogP contribution is 1.96. The van der Waals surface area contributed by atoms with Gasteiger partial charge in [-0.15, -0.1) is 0 Å². The summed E-state index contributed by atoms with van der Waals surface area (Å²) in [6, 6.07) is 0. The summed E-state index contributed by atoms with van der Waals surface area (Å²) < 4.78 is 14.1. The largest absolute Gasteiger partial charge is 0.480 e. The predicted molar refractivity (Wildman–Crippen MR) is 50.6 cm³/mol.